The lowest BCUT2D eigenvalue weighted by molar-refractivity contribution is 0.707. The number of nitrogens with one attached hydrogen (secondary N) is 1. The quantitative estimate of drug-likeness (QED) is 0.249. The first-order valence-electron chi connectivity index (χ1n) is 14.0. The second-order valence-electron chi connectivity index (χ2n) is 10.6. The second kappa shape index (κ2) is 9.29. The smallest absolute Gasteiger partial charge is 0.0629 e. The van der Waals surface area contributed by atoms with Gasteiger partial charge in [-0.3, -0.25) is 0 Å². The van der Waals surface area contributed by atoms with Gasteiger partial charge in [-0.05, 0) is 52.4 Å². The second-order valence-corrected chi connectivity index (χ2v) is 10.6. The van der Waals surface area contributed by atoms with E-state index in [2.05, 4.69) is 162 Å². The third-order valence-electron chi connectivity index (χ3n) is 8.37. The summed E-state index contributed by atoms with van der Waals surface area (Å²) in [5.74, 6) is 0.278. The van der Waals surface area contributed by atoms with Crippen LogP contribution in [0.3, 0.4) is 0 Å². The van der Waals surface area contributed by atoms with Gasteiger partial charge in [-0.25, -0.2) is 0 Å². The zero-order valence-electron chi connectivity index (χ0n) is 22.0. The fourth-order valence-electron chi connectivity index (χ4n) is 6.62. The van der Waals surface area contributed by atoms with Gasteiger partial charge in [0.1, 0.15) is 0 Å². The van der Waals surface area contributed by atoms with Crippen molar-refractivity contribution >= 4 is 49.9 Å². The molecule has 0 spiro atoms. The number of aromatic nitrogens is 1. The highest BCUT2D eigenvalue weighted by atomic mass is 15.2. The number of aromatic amines is 1. The van der Waals surface area contributed by atoms with E-state index in [1.165, 1.54) is 60.7 Å². The maximum absolute atomic E-state index is 3.68. The van der Waals surface area contributed by atoms with Gasteiger partial charge in [-0.15, -0.1) is 0 Å². The van der Waals surface area contributed by atoms with Crippen molar-refractivity contribution in [3.8, 4) is 0 Å². The van der Waals surface area contributed by atoms with Gasteiger partial charge in [0, 0.05) is 39.0 Å². The van der Waals surface area contributed by atoms with Crippen LogP contribution < -0.4 is 4.90 Å². The number of hydrogen-bond donors (Lipinski definition) is 1. The van der Waals surface area contributed by atoms with E-state index in [1.54, 1.807) is 0 Å². The number of anilines is 1. The van der Waals surface area contributed by atoms with Crippen molar-refractivity contribution in [1.29, 1.82) is 0 Å². The summed E-state index contributed by atoms with van der Waals surface area (Å²) in [7, 11) is 0. The molecule has 0 fully saturated rings. The SMILES string of the molecule is C1=CC2C(c3ccccc3)=C(/C=C/c3cc4c5ccccc5[nH]c4c4ccccc34)N(c3ccccc3)C2C=C1. The van der Waals surface area contributed by atoms with Crippen molar-refractivity contribution in [1.82, 2.24) is 4.98 Å². The summed E-state index contributed by atoms with van der Waals surface area (Å²) in [5, 5.41) is 5.02. The summed E-state index contributed by atoms with van der Waals surface area (Å²) in [6, 6.07) is 41.6. The van der Waals surface area contributed by atoms with Crippen molar-refractivity contribution < 1.29 is 0 Å². The van der Waals surface area contributed by atoms with Crippen LogP contribution >= 0.6 is 0 Å². The van der Waals surface area contributed by atoms with Crippen LogP contribution in [0.5, 0.6) is 0 Å². The molecule has 1 aromatic heterocycles. The molecule has 190 valence electrons. The standard InChI is InChI=1S/C38H28N2/c1-3-13-26(14-4-1)37-32-20-10-12-22-35(32)40(28-15-5-2-6-16-28)36(37)24-23-27-25-33-30-18-9-11-21-34(30)39-38(33)31-19-8-7-17-29(27)31/h1-25,32,35,39H/b24-23+. The van der Waals surface area contributed by atoms with Crippen molar-refractivity contribution in [2.45, 2.75) is 6.04 Å². The molecule has 8 rings (SSSR count). The van der Waals surface area contributed by atoms with Crippen molar-refractivity contribution in [2.75, 3.05) is 4.90 Å². The number of hydrogen-bond acceptors (Lipinski definition) is 1. The average molecular weight is 513 g/mol. The monoisotopic (exact) mass is 512 g/mol. The molecule has 0 saturated carbocycles. The highest BCUT2D eigenvalue weighted by Gasteiger charge is 2.39. The Bertz CT molecular complexity index is 2010. The van der Waals surface area contributed by atoms with Gasteiger partial charge in [0.25, 0.3) is 0 Å². The summed E-state index contributed by atoms with van der Waals surface area (Å²) in [5.41, 5.74) is 8.68. The topological polar surface area (TPSA) is 19.0 Å². The van der Waals surface area contributed by atoms with Gasteiger partial charge in [0.2, 0.25) is 0 Å². The molecular formula is C38H28N2. The van der Waals surface area contributed by atoms with Crippen LogP contribution in [0.2, 0.25) is 0 Å². The minimum Gasteiger partial charge on any atom is -0.354 e. The van der Waals surface area contributed by atoms with Gasteiger partial charge in [0.15, 0.2) is 0 Å². The molecule has 0 bridgehead atoms. The first-order valence-corrected chi connectivity index (χ1v) is 14.0. The molecule has 5 aromatic carbocycles. The molecule has 1 N–H and O–H groups in total. The lowest BCUT2D eigenvalue weighted by atomic mass is 9.86. The average Bonchev–Trinajstić information content (AvgIpc) is 3.56. The van der Waals surface area contributed by atoms with Crippen molar-refractivity contribution in [3.05, 3.63) is 162 Å². The molecule has 2 unspecified atom stereocenters. The van der Waals surface area contributed by atoms with Gasteiger partial charge in [0.05, 0.1) is 11.6 Å². The number of fused-ring (bicyclic) bond motifs is 6. The van der Waals surface area contributed by atoms with Crippen LogP contribution in [0.1, 0.15) is 11.1 Å². The van der Waals surface area contributed by atoms with E-state index >= 15 is 0 Å². The Balaban J connectivity index is 1.37. The molecule has 0 radical (unpaired) electrons. The van der Waals surface area contributed by atoms with E-state index < -0.39 is 0 Å². The van der Waals surface area contributed by atoms with E-state index in [0.717, 1.165) is 0 Å². The predicted octanol–water partition coefficient (Wildman–Crippen LogP) is 9.53. The fraction of sp³-hybridized carbons (Fsp3) is 0.0526. The van der Waals surface area contributed by atoms with Crippen LogP contribution in [0.4, 0.5) is 5.69 Å². The Morgan fingerprint density at radius 3 is 2.10 bits per heavy atom. The van der Waals surface area contributed by atoms with Crippen LogP contribution in [0.25, 0.3) is 44.2 Å². The highest BCUT2D eigenvalue weighted by Crippen LogP contribution is 2.46. The van der Waals surface area contributed by atoms with Crippen LogP contribution in [0, 0.1) is 5.92 Å². The van der Waals surface area contributed by atoms with Crippen LogP contribution in [0.15, 0.2) is 151 Å². The van der Waals surface area contributed by atoms with E-state index in [1.807, 2.05) is 0 Å². The zero-order valence-corrected chi connectivity index (χ0v) is 22.0. The van der Waals surface area contributed by atoms with Crippen LogP contribution in [-0.2, 0) is 0 Å². The van der Waals surface area contributed by atoms with E-state index in [9.17, 15) is 0 Å². The van der Waals surface area contributed by atoms with Gasteiger partial charge in [-0.2, -0.15) is 0 Å². The summed E-state index contributed by atoms with van der Waals surface area (Å²) in [6.07, 6.45) is 13.7. The van der Waals surface area contributed by atoms with Gasteiger partial charge >= 0.3 is 0 Å². The molecule has 2 aliphatic rings. The summed E-state index contributed by atoms with van der Waals surface area (Å²) >= 11 is 0. The normalized spacial score (nSPS) is 18.6. The Labute approximate surface area is 233 Å². The minimum atomic E-state index is 0.232. The first-order chi connectivity index (χ1) is 19.9. The Morgan fingerprint density at radius 2 is 1.27 bits per heavy atom. The third-order valence-corrected chi connectivity index (χ3v) is 8.37. The molecule has 0 saturated heterocycles. The number of allylic oxidation sites excluding steroid dienone is 3. The molecule has 1 aliphatic heterocycles. The molecule has 2 heterocycles. The number of benzene rings is 5. The molecule has 40 heavy (non-hydrogen) atoms. The maximum Gasteiger partial charge on any atom is 0.0629 e. The summed E-state index contributed by atoms with van der Waals surface area (Å²) in [4.78, 5) is 6.19. The van der Waals surface area contributed by atoms with Crippen molar-refractivity contribution in [2.24, 2.45) is 5.92 Å². The fourth-order valence-corrected chi connectivity index (χ4v) is 6.62. The number of rotatable bonds is 4. The predicted molar refractivity (Wildman–Crippen MR) is 170 cm³/mol. The first kappa shape index (κ1) is 22.9. The molecule has 2 atom stereocenters. The van der Waals surface area contributed by atoms with Gasteiger partial charge in [-0.1, -0.05) is 121 Å². The number of para-hydroxylation sites is 2. The molecule has 2 heteroatoms. The summed E-state index contributed by atoms with van der Waals surface area (Å²) in [6.45, 7) is 0. The van der Waals surface area contributed by atoms with Crippen molar-refractivity contribution in [3.63, 3.8) is 0 Å². The summed E-state index contributed by atoms with van der Waals surface area (Å²) < 4.78 is 0. The largest absolute Gasteiger partial charge is 0.354 e. The van der Waals surface area contributed by atoms with Gasteiger partial charge < -0.3 is 9.88 Å². The van der Waals surface area contributed by atoms with E-state index in [-0.39, 0.29) is 12.0 Å². The lowest BCUT2D eigenvalue weighted by Crippen LogP contribution is -2.32. The molecule has 6 aromatic rings. The van der Waals surface area contributed by atoms with E-state index in [0.29, 0.717) is 0 Å². The maximum atomic E-state index is 3.68. The Hall–Kier alpha value is -5.08. The molecule has 2 nitrogen and oxygen atoms in total. The highest BCUT2D eigenvalue weighted by molar-refractivity contribution is 6.18. The van der Waals surface area contributed by atoms with E-state index in [4.69, 9.17) is 0 Å². The number of H-pyrrole nitrogens is 1. The molecule has 1 aliphatic carbocycles. The Morgan fingerprint density at radius 1 is 0.600 bits per heavy atom. The number of nitrogens with zero attached hydrogens (tertiary/aromatic N) is 1. The third kappa shape index (κ3) is 3.57. The Kier molecular flexibility index (Phi) is 5.31. The van der Waals surface area contributed by atoms with Crippen LogP contribution in [-0.4, -0.2) is 11.0 Å². The molecule has 0 amide bonds. The zero-order chi connectivity index (χ0) is 26.5. The lowest BCUT2D eigenvalue weighted by Gasteiger charge is -2.30. The molecular weight excluding hydrogens is 484 g/mol. The minimum absolute atomic E-state index is 0.232.